The number of alkyl halides is 3. The predicted molar refractivity (Wildman–Crippen MR) is 64.6 cm³/mol. The van der Waals surface area contributed by atoms with Crippen LogP contribution in [0.2, 0.25) is 0 Å². The minimum Gasteiger partial charge on any atom is -0.358 e. The molecule has 0 saturated heterocycles. The number of halogens is 3. The molecule has 2 aromatic heterocycles. The number of thiazole rings is 1. The normalized spacial score (nSPS) is 11.8. The molecular weight excluding hydrogens is 297 g/mol. The van der Waals surface area contributed by atoms with Crippen LogP contribution >= 0.6 is 11.3 Å². The Hall–Kier alpha value is -1.97. The van der Waals surface area contributed by atoms with Gasteiger partial charge in [0.15, 0.2) is 5.69 Å². The Kier molecular flexibility index (Phi) is 3.50. The van der Waals surface area contributed by atoms with Crippen LogP contribution in [0.15, 0.2) is 6.07 Å². The zero-order valence-corrected chi connectivity index (χ0v) is 11.2. The first-order chi connectivity index (χ1) is 9.18. The Bertz CT molecular complexity index is 662. The van der Waals surface area contributed by atoms with E-state index >= 15 is 0 Å². The van der Waals surface area contributed by atoms with Crippen molar-refractivity contribution in [3.8, 4) is 0 Å². The quantitative estimate of drug-likeness (QED) is 0.645. The van der Waals surface area contributed by atoms with Gasteiger partial charge in [0, 0.05) is 0 Å². The zero-order chi connectivity index (χ0) is 15.1. The summed E-state index contributed by atoms with van der Waals surface area (Å²) in [5.41, 5.74) is -0.548. The van der Waals surface area contributed by atoms with Gasteiger partial charge in [0.2, 0.25) is 0 Å². The van der Waals surface area contributed by atoms with Crippen LogP contribution in [0.1, 0.15) is 21.3 Å². The molecule has 0 saturated carbocycles. The molecule has 2 rings (SSSR count). The largest absolute Gasteiger partial charge is 0.434 e. The molecule has 0 atom stereocenters. The molecule has 6 nitrogen and oxygen atoms in total. The van der Waals surface area contributed by atoms with Gasteiger partial charge in [-0.3, -0.25) is 0 Å². The first kappa shape index (κ1) is 14.4. The Labute approximate surface area is 115 Å². The fourth-order valence-electron chi connectivity index (χ4n) is 1.68. The summed E-state index contributed by atoms with van der Waals surface area (Å²) in [6.07, 6.45) is -4.55. The lowest BCUT2D eigenvalue weighted by atomic mass is 10.3. The second-order valence-electron chi connectivity index (χ2n) is 4.06. The van der Waals surface area contributed by atoms with Crippen molar-refractivity contribution in [2.24, 2.45) is 0 Å². The number of hydrogen-bond donors (Lipinski definition) is 0. The van der Waals surface area contributed by atoms with Crippen LogP contribution in [-0.4, -0.2) is 19.7 Å². The highest BCUT2D eigenvalue weighted by molar-refractivity contribution is 7.11. The average molecular weight is 306 g/mol. The van der Waals surface area contributed by atoms with Crippen molar-refractivity contribution in [3.05, 3.63) is 37.5 Å². The van der Waals surface area contributed by atoms with Crippen molar-refractivity contribution >= 4 is 17.2 Å². The second-order valence-corrected chi connectivity index (χ2v) is 5.35. The van der Waals surface area contributed by atoms with E-state index in [9.17, 15) is 23.3 Å². The fraction of sp³-hybridized carbons (Fsp3) is 0.400. The summed E-state index contributed by atoms with van der Waals surface area (Å²) in [7, 11) is 0. The molecule has 0 fully saturated rings. The Morgan fingerprint density at radius 3 is 2.60 bits per heavy atom. The zero-order valence-electron chi connectivity index (χ0n) is 10.4. The summed E-state index contributed by atoms with van der Waals surface area (Å²) in [6.45, 7) is 2.82. The van der Waals surface area contributed by atoms with Crippen LogP contribution in [-0.2, 0) is 12.7 Å². The molecule has 2 heterocycles. The third kappa shape index (κ3) is 2.79. The lowest BCUT2D eigenvalue weighted by Gasteiger charge is -2.05. The molecule has 0 bridgehead atoms. The lowest BCUT2D eigenvalue weighted by molar-refractivity contribution is -0.389. The smallest absolute Gasteiger partial charge is 0.358 e. The molecule has 0 unspecified atom stereocenters. The molecule has 20 heavy (non-hydrogen) atoms. The SMILES string of the molecule is Cc1nc(C(F)(F)F)c(Cn2nc([N+](=O)[O-])cc2C)s1. The molecule has 2 aromatic rings. The number of nitro groups is 1. The van der Waals surface area contributed by atoms with E-state index in [4.69, 9.17) is 0 Å². The van der Waals surface area contributed by atoms with E-state index in [2.05, 4.69) is 10.1 Å². The van der Waals surface area contributed by atoms with E-state index in [1.54, 1.807) is 6.92 Å². The van der Waals surface area contributed by atoms with Crippen LogP contribution in [0, 0.1) is 24.0 Å². The van der Waals surface area contributed by atoms with E-state index in [0.717, 1.165) is 11.3 Å². The van der Waals surface area contributed by atoms with Crippen molar-refractivity contribution in [1.29, 1.82) is 0 Å². The third-order valence-electron chi connectivity index (χ3n) is 2.52. The molecule has 0 spiro atoms. The molecule has 0 N–H and O–H groups in total. The van der Waals surface area contributed by atoms with Crippen LogP contribution in [0.3, 0.4) is 0 Å². The summed E-state index contributed by atoms with van der Waals surface area (Å²) in [4.78, 5) is 13.4. The van der Waals surface area contributed by atoms with Crippen LogP contribution in [0.5, 0.6) is 0 Å². The van der Waals surface area contributed by atoms with Crippen LogP contribution in [0.4, 0.5) is 19.0 Å². The molecule has 10 heteroatoms. The number of hydrogen-bond acceptors (Lipinski definition) is 5. The van der Waals surface area contributed by atoms with Gasteiger partial charge in [0.1, 0.15) is 0 Å². The summed E-state index contributed by atoms with van der Waals surface area (Å²) >= 11 is 0.901. The molecule has 0 amide bonds. The van der Waals surface area contributed by atoms with Gasteiger partial charge in [-0.15, -0.1) is 11.3 Å². The van der Waals surface area contributed by atoms with Gasteiger partial charge in [-0.2, -0.15) is 17.9 Å². The van der Waals surface area contributed by atoms with Gasteiger partial charge in [-0.05, 0) is 18.8 Å². The van der Waals surface area contributed by atoms with Gasteiger partial charge in [0.05, 0.1) is 33.3 Å². The van der Waals surface area contributed by atoms with Crippen molar-refractivity contribution < 1.29 is 18.1 Å². The highest BCUT2D eigenvalue weighted by atomic mass is 32.1. The van der Waals surface area contributed by atoms with Gasteiger partial charge < -0.3 is 10.1 Å². The number of nitrogens with zero attached hydrogens (tertiary/aromatic N) is 4. The molecule has 0 aliphatic carbocycles. The van der Waals surface area contributed by atoms with Gasteiger partial charge >= 0.3 is 12.0 Å². The van der Waals surface area contributed by atoms with Crippen molar-refractivity contribution in [2.75, 3.05) is 0 Å². The van der Waals surface area contributed by atoms with Crippen molar-refractivity contribution in [2.45, 2.75) is 26.6 Å². The van der Waals surface area contributed by atoms with Gasteiger partial charge in [-0.1, -0.05) is 0 Å². The number of aryl methyl sites for hydroxylation is 2. The molecule has 108 valence electrons. The van der Waals surface area contributed by atoms with E-state index in [1.165, 1.54) is 17.7 Å². The monoisotopic (exact) mass is 306 g/mol. The number of aromatic nitrogens is 3. The Balaban J connectivity index is 2.38. The second kappa shape index (κ2) is 4.85. The highest BCUT2D eigenvalue weighted by Crippen LogP contribution is 2.34. The molecule has 0 radical (unpaired) electrons. The van der Waals surface area contributed by atoms with E-state index in [1.807, 2.05) is 0 Å². The predicted octanol–water partition coefficient (Wildman–Crippen LogP) is 2.93. The van der Waals surface area contributed by atoms with Crippen LogP contribution < -0.4 is 0 Å². The van der Waals surface area contributed by atoms with E-state index in [-0.39, 0.29) is 16.4 Å². The highest BCUT2D eigenvalue weighted by Gasteiger charge is 2.37. The standard InChI is InChI=1S/C10H9F3N4O2S/c1-5-3-8(17(18)19)15-16(5)4-7-9(10(11,12)13)14-6(2)20-7/h3H,4H2,1-2H3. The first-order valence-electron chi connectivity index (χ1n) is 5.41. The van der Waals surface area contributed by atoms with Gasteiger partial charge in [-0.25, -0.2) is 4.98 Å². The maximum atomic E-state index is 12.8. The summed E-state index contributed by atoms with van der Waals surface area (Å²) in [5.74, 6) is -0.391. The summed E-state index contributed by atoms with van der Waals surface area (Å²) in [6, 6.07) is 1.21. The van der Waals surface area contributed by atoms with Crippen LogP contribution in [0.25, 0.3) is 0 Å². The molecule has 0 aliphatic heterocycles. The summed E-state index contributed by atoms with van der Waals surface area (Å²) in [5, 5.41) is 14.5. The van der Waals surface area contributed by atoms with E-state index < -0.39 is 22.6 Å². The Morgan fingerprint density at radius 2 is 2.10 bits per heavy atom. The third-order valence-corrected chi connectivity index (χ3v) is 3.48. The average Bonchev–Trinajstić information content (AvgIpc) is 2.83. The fourth-order valence-corrected chi connectivity index (χ4v) is 2.61. The Morgan fingerprint density at radius 1 is 1.45 bits per heavy atom. The molecule has 0 aliphatic rings. The summed E-state index contributed by atoms with van der Waals surface area (Å²) < 4.78 is 39.6. The number of rotatable bonds is 3. The minimum absolute atomic E-state index is 0.0175. The minimum atomic E-state index is -4.55. The van der Waals surface area contributed by atoms with Crippen molar-refractivity contribution in [1.82, 2.24) is 14.8 Å². The van der Waals surface area contributed by atoms with Gasteiger partial charge in [0.25, 0.3) is 0 Å². The molecule has 0 aromatic carbocycles. The molecular formula is C10H9F3N4O2S. The topological polar surface area (TPSA) is 73.8 Å². The lowest BCUT2D eigenvalue weighted by Crippen LogP contribution is -2.12. The maximum absolute atomic E-state index is 12.8. The van der Waals surface area contributed by atoms with E-state index in [0.29, 0.717) is 5.69 Å². The van der Waals surface area contributed by atoms with Crippen molar-refractivity contribution in [3.63, 3.8) is 0 Å². The maximum Gasteiger partial charge on any atom is 0.434 e. The first-order valence-corrected chi connectivity index (χ1v) is 6.22.